The van der Waals surface area contributed by atoms with Gasteiger partial charge in [-0.05, 0) is 64.1 Å². The van der Waals surface area contributed by atoms with E-state index in [4.69, 9.17) is 5.73 Å². The number of fused-ring (bicyclic) bond motifs is 3. The van der Waals surface area contributed by atoms with E-state index in [1.165, 1.54) is 23.3 Å². The van der Waals surface area contributed by atoms with Crippen molar-refractivity contribution in [3.63, 3.8) is 0 Å². The molecule has 27 heavy (non-hydrogen) atoms. The topological polar surface area (TPSA) is 84.1 Å². The van der Waals surface area contributed by atoms with Crippen LogP contribution in [0, 0.1) is 5.92 Å². The largest absolute Gasteiger partial charge is 0.369 e. The molecular formula is C20H29N5OS. The van der Waals surface area contributed by atoms with Gasteiger partial charge in [0.1, 0.15) is 17.0 Å². The fourth-order valence-corrected chi connectivity index (χ4v) is 5.76. The lowest BCUT2D eigenvalue weighted by Crippen LogP contribution is -2.38. The predicted molar refractivity (Wildman–Crippen MR) is 110 cm³/mol. The second kappa shape index (κ2) is 7.72. The van der Waals surface area contributed by atoms with E-state index in [9.17, 15) is 4.79 Å². The van der Waals surface area contributed by atoms with Crippen LogP contribution in [0.4, 0.5) is 5.82 Å². The van der Waals surface area contributed by atoms with E-state index in [2.05, 4.69) is 34.2 Å². The van der Waals surface area contributed by atoms with Crippen LogP contribution in [0.15, 0.2) is 6.33 Å². The molecule has 0 aliphatic heterocycles. The van der Waals surface area contributed by atoms with Gasteiger partial charge in [0.05, 0.1) is 5.39 Å². The van der Waals surface area contributed by atoms with Crippen molar-refractivity contribution in [1.82, 2.24) is 14.9 Å². The summed E-state index contributed by atoms with van der Waals surface area (Å²) in [5.41, 5.74) is 6.83. The van der Waals surface area contributed by atoms with Gasteiger partial charge < -0.3 is 16.0 Å². The summed E-state index contributed by atoms with van der Waals surface area (Å²) in [4.78, 5) is 25.6. The van der Waals surface area contributed by atoms with Crippen molar-refractivity contribution in [2.45, 2.75) is 64.0 Å². The van der Waals surface area contributed by atoms with Gasteiger partial charge in [-0.1, -0.05) is 6.92 Å². The SMILES string of the molecule is CCN(C)[C@H]1CC[C@H](Nc2ncnc3sc4c(c23)C[C@H](C(N)=O)CC4)CC1. The smallest absolute Gasteiger partial charge is 0.220 e. The second-order valence-electron chi connectivity index (χ2n) is 7.97. The summed E-state index contributed by atoms with van der Waals surface area (Å²) in [5, 5.41) is 4.82. The molecule has 0 aromatic carbocycles. The number of rotatable bonds is 5. The molecule has 7 heteroatoms. The number of anilines is 1. The standard InChI is InChI=1S/C20H29N5OS/c1-3-25(2)14-7-5-13(6-8-14)24-19-17-15-10-12(18(21)26)4-9-16(15)27-20(17)23-11-22-19/h11-14H,3-10H2,1-2H3,(H2,21,26)(H,22,23,24)/t12-,13-,14-/m1/s1. The highest BCUT2D eigenvalue weighted by atomic mass is 32.1. The molecule has 3 N–H and O–H groups in total. The molecule has 0 bridgehead atoms. The van der Waals surface area contributed by atoms with Crippen molar-refractivity contribution in [1.29, 1.82) is 0 Å². The Hall–Kier alpha value is -1.73. The molecule has 0 unspecified atom stereocenters. The minimum atomic E-state index is -0.190. The monoisotopic (exact) mass is 387 g/mol. The lowest BCUT2D eigenvalue weighted by Gasteiger charge is -2.34. The number of thiophene rings is 1. The molecule has 0 radical (unpaired) electrons. The molecule has 2 heterocycles. The van der Waals surface area contributed by atoms with E-state index in [0.717, 1.165) is 54.7 Å². The second-order valence-corrected chi connectivity index (χ2v) is 9.05. The quantitative estimate of drug-likeness (QED) is 0.824. The Kier molecular flexibility index (Phi) is 5.32. The van der Waals surface area contributed by atoms with Crippen molar-refractivity contribution in [2.24, 2.45) is 11.7 Å². The Labute approximate surface area is 164 Å². The first kappa shape index (κ1) is 18.6. The normalized spacial score (nSPS) is 25.5. The average molecular weight is 388 g/mol. The third kappa shape index (κ3) is 3.67. The van der Waals surface area contributed by atoms with Gasteiger partial charge in [-0.3, -0.25) is 4.79 Å². The van der Waals surface area contributed by atoms with E-state index >= 15 is 0 Å². The van der Waals surface area contributed by atoms with Gasteiger partial charge in [-0.15, -0.1) is 11.3 Å². The summed E-state index contributed by atoms with van der Waals surface area (Å²) >= 11 is 1.75. The highest BCUT2D eigenvalue weighted by molar-refractivity contribution is 7.19. The minimum Gasteiger partial charge on any atom is -0.369 e. The van der Waals surface area contributed by atoms with Gasteiger partial charge in [-0.25, -0.2) is 9.97 Å². The molecule has 146 valence electrons. The molecule has 6 nitrogen and oxygen atoms in total. The number of aryl methyl sites for hydroxylation is 1. The zero-order chi connectivity index (χ0) is 19.0. The van der Waals surface area contributed by atoms with Gasteiger partial charge in [0.2, 0.25) is 5.91 Å². The molecule has 2 aliphatic rings. The molecule has 1 fully saturated rings. The lowest BCUT2D eigenvalue weighted by atomic mass is 9.86. The number of nitrogens with two attached hydrogens (primary N) is 1. The summed E-state index contributed by atoms with van der Waals surface area (Å²) in [6.07, 6.45) is 8.92. The summed E-state index contributed by atoms with van der Waals surface area (Å²) < 4.78 is 0. The number of carbonyl (C=O) groups excluding carboxylic acids is 1. The Balaban J connectivity index is 1.55. The van der Waals surface area contributed by atoms with Gasteiger partial charge in [0.15, 0.2) is 0 Å². The number of hydrogen-bond donors (Lipinski definition) is 2. The van der Waals surface area contributed by atoms with Gasteiger partial charge in [0, 0.05) is 22.9 Å². The summed E-state index contributed by atoms with van der Waals surface area (Å²) in [7, 11) is 2.22. The average Bonchev–Trinajstić information content (AvgIpc) is 3.06. The zero-order valence-electron chi connectivity index (χ0n) is 16.2. The molecule has 2 aromatic rings. The van der Waals surface area contributed by atoms with Crippen molar-refractivity contribution >= 4 is 33.3 Å². The van der Waals surface area contributed by atoms with E-state index in [1.54, 1.807) is 17.7 Å². The van der Waals surface area contributed by atoms with Crippen molar-refractivity contribution in [3.8, 4) is 0 Å². The molecule has 2 aliphatic carbocycles. The van der Waals surface area contributed by atoms with Crippen LogP contribution in [0.2, 0.25) is 0 Å². The highest BCUT2D eigenvalue weighted by Gasteiger charge is 2.29. The molecule has 1 atom stereocenters. The molecular weight excluding hydrogens is 358 g/mol. The Morgan fingerprint density at radius 1 is 1.30 bits per heavy atom. The van der Waals surface area contributed by atoms with E-state index in [-0.39, 0.29) is 11.8 Å². The third-order valence-electron chi connectivity index (χ3n) is 6.40. The Morgan fingerprint density at radius 2 is 2.07 bits per heavy atom. The molecule has 0 saturated heterocycles. The first-order chi connectivity index (χ1) is 13.1. The zero-order valence-corrected chi connectivity index (χ0v) is 17.0. The number of carbonyl (C=O) groups is 1. The number of hydrogen-bond acceptors (Lipinski definition) is 6. The molecule has 4 rings (SSSR count). The van der Waals surface area contributed by atoms with Crippen LogP contribution in [-0.2, 0) is 17.6 Å². The lowest BCUT2D eigenvalue weighted by molar-refractivity contribution is -0.122. The molecule has 1 saturated carbocycles. The van der Waals surface area contributed by atoms with Gasteiger partial charge in [-0.2, -0.15) is 0 Å². The van der Waals surface area contributed by atoms with Crippen LogP contribution >= 0.6 is 11.3 Å². The maximum Gasteiger partial charge on any atom is 0.220 e. The van der Waals surface area contributed by atoms with E-state index < -0.39 is 0 Å². The van der Waals surface area contributed by atoms with Crippen LogP contribution in [0.1, 0.15) is 49.5 Å². The first-order valence-electron chi connectivity index (χ1n) is 10.1. The summed E-state index contributed by atoms with van der Waals surface area (Å²) in [6, 6.07) is 1.15. The Bertz CT molecular complexity index is 827. The van der Waals surface area contributed by atoms with Gasteiger partial charge in [0.25, 0.3) is 0 Å². The summed E-state index contributed by atoms with van der Waals surface area (Å²) in [5.74, 6) is 0.683. The van der Waals surface area contributed by atoms with E-state index in [0.29, 0.717) is 12.1 Å². The van der Waals surface area contributed by atoms with Crippen LogP contribution < -0.4 is 11.1 Å². The van der Waals surface area contributed by atoms with Crippen molar-refractivity contribution in [3.05, 3.63) is 16.8 Å². The number of aromatic nitrogens is 2. The Morgan fingerprint density at radius 3 is 2.78 bits per heavy atom. The van der Waals surface area contributed by atoms with Crippen molar-refractivity contribution < 1.29 is 4.79 Å². The van der Waals surface area contributed by atoms with Crippen molar-refractivity contribution in [2.75, 3.05) is 18.9 Å². The van der Waals surface area contributed by atoms with Crippen LogP contribution in [0.3, 0.4) is 0 Å². The van der Waals surface area contributed by atoms with E-state index in [1.807, 2.05) is 0 Å². The molecule has 0 spiro atoms. The number of nitrogens with zero attached hydrogens (tertiary/aromatic N) is 3. The maximum atomic E-state index is 11.7. The molecule has 2 aromatic heterocycles. The minimum absolute atomic E-state index is 0.0663. The summed E-state index contributed by atoms with van der Waals surface area (Å²) in [6.45, 7) is 3.33. The number of amides is 1. The maximum absolute atomic E-state index is 11.7. The predicted octanol–water partition coefficient (Wildman–Crippen LogP) is 2.96. The fourth-order valence-electron chi connectivity index (χ4n) is 4.57. The number of nitrogens with one attached hydrogen (secondary N) is 1. The fraction of sp³-hybridized carbons (Fsp3) is 0.650. The highest BCUT2D eigenvalue weighted by Crippen LogP contribution is 2.40. The van der Waals surface area contributed by atoms with Crippen LogP contribution in [0.25, 0.3) is 10.2 Å². The van der Waals surface area contributed by atoms with Gasteiger partial charge >= 0.3 is 0 Å². The number of primary amides is 1. The van der Waals surface area contributed by atoms with Crippen LogP contribution in [-0.4, -0.2) is 46.5 Å². The first-order valence-corrected chi connectivity index (χ1v) is 10.9. The third-order valence-corrected chi connectivity index (χ3v) is 7.60. The molecule has 1 amide bonds. The van der Waals surface area contributed by atoms with Crippen LogP contribution in [0.5, 0.6) is 0 Å².